The number of sulfonamides is 1. The van der Waals surface area contributed by atoms with Gasteiger partial charge in [-0.2, -0.15) is 0 Å². The van der Waals surface area contributed by atoms with Crippen molar-refractivity contribution in [3.05, 3.63) is 53.3 Å². The molecule has 0 atom stereocenters. The summed E-state index contributed by atoms with van der Waals surface area (Å²) in [6.07, 6.45) is 0. The highest BCUT2D eigenvalue weighted by Gasteiger charge is 2.51. The molecule has 0 unspecified atom stereocenters. The summed E-state index contributed by atoms with van der Waals surface area (Å²) in [5.74, 6) is -0.684. The zero-order valence-electron chi connectivity index (χ0n) is 15.4. The van der Waals surface area contributed by atoms with Crippen LogP contribution in [-0.4, -0.2) is 26.7 Å². The Morgan fingerprint density at radius 1 is 1.00 bits per heavy atom. The smallest absolute Gasteiger partial charge is 0.399 e. The summed E-state index contributed by atoms with van der Waals surface area (Å²) < 4.78 is 52.7. The molecule has 0 amide bonds. The number of halogens is 2. The van der Waals surface area contributed by atoms with Gasteiger partial charge >= 0.3 is 7.12 Å². The van der Waals surface area contributed by atoms with Crippen LogP contribution in [0.1, 0.15) is 27.7 Å². The van der Waals surface area contributed by atoms with Crippen LogP contribution in [0.3, 0.4) is 0 Å². The molecule has 1 aliphatic rings. The molecule has 27 heavy (non-hydrogen) atoms. The highest BCUT2D eigenvalue weighted by molar-refractivity contribution is 7.92. The minimum Gasteiger partial charge on any atom is -0.399 e. The molecular formula is C18H20BClFNO4S. The number of hydrogen-bond acceptors (Lipinski definition) is 4. The van der Waals surface area contributed by atoms with E-state index in [1.807, 2.05) is 27.7 Å². The maximum atomic E-state index is 13.4. The van der Waals surface area contributed by atoms with Crippen molar-refractivity contribution in [1.29, 1.82) is 0 Å². The molecule has 0 saturated carbocycles. The van der Waals surface area contributed by atoms with Crippen LogP contribution < -0.4 is 10.2 Å². The predicted molar refractivity (Wildman–Crippen MR) is 104 cm³/mol. The molecule has 2 aromatic rings. The standard InChI is InChI=1S/C18H20BClFNO4S/c1-17(2)18(3,4)26-19(25-17)12-5-8-14(9-6-12)22-27(23,24)16-11-13(21)7-10-15(16)20/h5-11,22H,1-4H3. The van der Waals surface area contributed by atoms with E-state index in [1.54, 1.807) is 24.3 Å². The van der Waals surface area contributed by atoms with E-state index >= 15 is 0 Å². The van der Waals surface area contributed by atoms with E-state index in [0.717, 1.165) is 17.6 Å². The Labute approximate surface area is 164 Å². The van der Waals surface area contributed by atoms with Gasteiger partial charge in [0, 0.05) is 5.69 Å². The van der Waals surface area contributed by atoms with Gasteiger partial charge in [0.25, 0.3) is 10.0 Å². The van der Waals surface area contributed by atoms with Gasteiger partial charge in [0.15, 0.2) is 0 Å². The van der Waals surface area contributed by atoms with Gasteiger partial charge in [-0.3, -0.25) is 4.72 Å². The van der Waals surface area contributed by atoms with Gasteiger partial charge in [-0.05, 0) is 63.5 Å². The van der Waals surface area contributed by atoms with Crippen molar-refractivity contribution in [1.82, 2.24) is 0 Å². The molecule has 1 fully saturated rings. The predicted octanol–water partition coefficient (Wildman–Crippen LogP) is 3.58. The van der Waals surface area contributed by atoms with Crippen LogP contribution in [0.5, 0.6) is 0 Å². The van der Waals surface area contributed by atoms with E-state index in [9.17, 15) is 12.8 Å². The van der Waals surface area contributed by atoms with E-state index < -0.39 is 34.2 Å². The van der Waals surface area contributed by atoms with Crippen LogP contribution in [0.25, 0.3) is 0 Å². The summed E-state index contributed by atoms with van der Waals surface area (Å²) >= 11 is 5.89. The second-order valence-corrected chi connectivity index (χ2v) is 9.45. The summed E-state index contributed by atoms with van der Waals surface area (Å²) in [7, 11) is -4.56. The lowest BCUT2D eigenvalue weighted by atomic mass is 9.79. The van der Waals surface area contributed by atoms with Crippen LogP contribution in [0.4, 0.5) is 10.1 Å². The Morgan fingerprint density at radius 2 is 1.56 bits per heavy atom. The van der Waals surface area contributed by atoms with Crippen molar-refractivity contribution in [2.75, 3.05) is 4.72 Å². The summed E-state index contributed by atoms with van der Waals surface area (Å²) in [6.45, 7) is 7.83. The zero-order chi connectivity index (χ0) is 20.0. The summed E-state index contributed by atoms with van der Waals surface area (Å²) in [5, 5.41) is -0.0576. The third-order valence-corrected chi connectivity index (χ3v) is 6.73. The van der Waals surface area contributed by atoms with Crippen molar-refractivity contribution < 1.29 is 22.1 Å². The van der Waals surface area contributed by atoms with Crippen LogP contribution in [0, 0.1) is 5.82 Å². The molecule has 1 heterocycles. The Bertz CT molecular complexity index is 948. The van der Waals surface area contributed by atoms with E-state index in [0.29, 0.717) is 5.69 Å². The molecule has 0 aliphatic carbocycles. The summed E-state index contributed by atoms with van der Waals surface area (Å²) in [6, 6.07) is 9.79. The molecule has 1 N–H and O–H groups in total. The SMILES string of the molecule is CC1(C)OB(c2ccc(NS(=O)(=O)c3cc(F)ccc3Cl)cc2)OC1(C)C. The van der Waals surface area contributed by atoms with Crippen molar-refractivity contribution >= 4 is 39.9 Å². The largest absolute Gasteiger partial charge is 0.494 e. The molecule has 9 heteroatoms. The quantitative estimate of drug-likeness (QED) is 0.781. The van der Waals surface area contributed by atoms with Gasteiger partial charge in [0.1, 0.15) is 10.7 Å². The molecule has 3 rings (SSSR count). The first-order chi connectivity index (χ1) is 12.4. The molecular weight excluding hydrogens is 392 g/mol. The van der Waals surface area contributed by atoms with Crippen LogP contribution in [0.15, 0.2) is 47.4 Å². The van der Waals surface area contributed by atoms with Gasteiger partial charge in [0.2, 0.25) is 0 Å². The highest BCUT2D eigenvalue weighted by Crippen LogP contribution is 2.36. The minimum absolute atomic E-state index is 0.0576. The molecule has 1 aliphatic heterocycles. The first-order valence-corrected chi connectivity index (χ1v) is 10.2. The normalized spacial score (nSPS) is 18.5. The minimum atomic E-state index is -4.02. The van der Waals surface area contributed by atoms with Crippen molar-refractivity contribution in [3.63, 3.8) is 0 Å². The molecule has 0 bridgehead atoms. The number of benzene rings is 2. The van der Waals surface area contributed by atoms with E-state index in [1.165, 1.54) is 6.07 Å². The summed E-state index contributed by atoms with van der Waals surface area (Å²) in [4.78, 5) is -0.320. The number of rotatable bonds is 4. The molecule has 0 radical (unpaired) electrons. The maximum absolute atomic E-state index is 13.4. The van der Waals surface area contributed by atoms with Crippen LogP contribution in [0.2, 0.25) is 5.02 Å². The average molecular weight is 412 g/mol. The molecule has 0 aromatic heterocycles. The fourth-order valence-electron chi connectivity index (χ4n) is 2.58. The third kappa shape index (κ3) is 3.99. The Hall–Kier alpha value is -1.61. The van der Waals surface area contributed by atoms with E-state index in [2.05, 4.69) is 4.72 Å². The fourth-order valence-corrected chi connectivity index (χ4v) is 4.15. The second-order valence-electron chi connectivity index (χ2n) is 7.39. The Morgan fingerprint density at radius 3 is 2.11 bits per heavy atom. The van der Waals surface area contributed by atoms with E-state index in [-0.39, 0.29) is 9.92 Å². The van der Waals surface area contributed by atoms with Crippen molar-refractivity contribution in [2.45, 2.75) is 43.8 Å². The number of nitrogens with one attached hydrogen (secondary N) is 1. The average Bonchev–Trinajstić information content (AvgIpc) is 2.78. The van der Waals surface area contributed by atoms with Gasteiger partial charge in [-0.15, -0.1) is 0 Å². The van der Waals surface area contributed by atoms with Gasteiger partial charge in [-0.25, -0.2) is 12.8 Å². The maximum Gasteiger partial charge on any atom is 0.494 e. The monoisotopic (exact) mass is 411 g/mol. The Balaban J connectivity index is 1.80. The van der Waals surface area contributed by atoms with Crippen molar-refractivity contribution in [2.24, 2.45) is 0 Å². The molecule has 0 spiro atoms. The van der Waals surface area contributed by atoms with Gasteiger partial charge in [0.05, 0.1) is 16.2 Å². The number of anilines is 1. The first kappa shape index (κ1) is 20.1. The number of hydrogen-bond donors (Lipinski definition) is 1. The highest BCUT2D eigenvalue weighted by atomic mass is 35.5. The van der Waals surface area contributed by atoms with Crippen LogP contribution in [-0.2, 0) is 19.3 Å². The molecule has 144 valence electrons. The van der Waals surface area contributed by atoms with E-state index in [4.69, 9.17) is 20.9 Å². The lowest BCUT2D eigenvalue weighted by Crippen LogP contribution is -2.41. The van der Waals surface area contributed by atoms with Crippen LogP contribution >= 0.6 is 11.6 Å². The zero-order valence-corrected chi connectivity index (χ0v) is 17.0. The first-order valence-electron chi connectivity index (χ1n) is 8.35. The second kappa shape index (κ2) is 6.77. The Kier molecular flexibility index (Phi) is 5.05. The van der Waals surface area contributed by atoms with Gasteiger partial charge < -0.3 is 9.31 Å². The van der Waals surface area contributed by atoms with Crippen molar-refractivity contribution in [3.8, 4) is 0 Å². The molecule has 1 saturated heterocycles. The van der Waals surface area contributed by atoms with Gasteiger partial charge in [-0.1, -0.05) is 23.7 Å². The topological polar surface area (TPSA) is 64.6 Å². The third-order valence-electron chi connectivity index (χ3n) is 4.87. The summed E-state index contributed by atoms with van der Waals surface area (Å²) in [5.41, 5.74) is 0.147. The lowest BCUT2D eigenvalue weighted by Gasteiger charge is -2.32. The fraction of sp³-hybridized carbons (Fsp3) is 0.333. The molecule has 2 aromatic carbocycles. The lowest BCUT2D eigenvalue weighted by molar-refractivity contribution is 0.00578. The molecule has 5 nitrogen and oxygen atoms in total.